The van der Waals surface area contributed by atoms with Gasteiger partial charge in [0.25, 0.3) is 5.91 Å². The second-order valence-electron chi connectivity index (χ2n) is 4.42. The zero-order valence-electron chi connectivity index (χ0n) is 11.3. The minimum absolute atomic E-state index is 0.247. The molecule has 1 aromatic carbocycles. The molecule has 20 heavy (non-hydrogen) atoms. The molecule has 2 aromatic rings. The van der Waals surface area contributed by atoms with Crippen molar-refractivity contribution in [2.45, 2.75) is 26.8 Å². The van der Waals surface area contributed by atoms with Crippen molar-refractivity contribution in [1.82, 2.24) is 9.55 Å². The van der Waals surface area contributed by atoms with E-state index in [2.05, 4.69) is 17.2 Å². The van der Waals surface area contributed by atoms with Crippen molar-refractivity contribution in [2.75, 3.05) is 5.32 Å². The van der Waals surface area contributed by atoms with E-state index in [1.165, 1.54) is 0 Å². The van der Waals surface area contributed by atoms with Gasteiger partial charge in [0.05, 0.1) is 16.9 Å². The molecule has 0 saturated carbocycles. The summed E-state index contributed by atoms with van der Waals surface area (Å²) in [5.74, 6) is 0.567. The van der Waals surface area contributed by atoms with E-state index >= 15 is 0 Å². The van der Waals surface area contributed by atoms with Gasteiger partial charge < -0.3 is 9.88 Å². The predicted molar refractivity (Wildman–Crippen MR) is 81.7 cm³/mol. The third kappa shape index (κ3) is 3.14. The van der Waals surface area contributed by atoms with Crippen LogP contribution >= 0.6 is 23.2 Å². The second kappa shape index (κ2) is 6.29. The number of carbonyl (C=O) groups is 1. The number of hydrogen-bond acceptors (Lipinski definition) is 2. The van der Waals surface area contributed by atoms with Crippen LogP contribution in [0.3, 0.4) is 0 Å². The van der Waals surface area contributed by atoms with Gasteiger partial charge in [-0.3, -0.25) is 4.79 Å². The van der Waals surface area contributed by atoms with Gasteiger partial charge in [-0.2, -0.15) is 0 Å². The number of imidazole rings is 1. The van der Waals surface area contributed by atoms with E-state index in [1.54, 1.807) is 24.4 Å². The standard InChI is InChI=1S/C14H15Cl2N3O/c1-3-6-19-9(2)17-8-13(19)14(20)18-12-7-10(15)4-5-11(12)16/h4-5,7-8H,3,6H2,1-2H3,(H,18,20). The highest BCUT2D eigenvalue weighted by Gasteiger charge is 2.15. The molecule has 4 nitrogen and oxygen atoms in total. The van der Waals surface area contributed by atoms with Crippen LogP contribution in [0.2, 0.25) is 10.0 Å². The van der Waals surface area contributed by atoms with Gasteiger partial charge in [-0.15, -0.1) is 0 Å². The first kappa shape index (κ1) is 14.9. The quantitative estimate of drug-likeness (QED) is 0.921. The molecule has 0 aliphatic rings. The van der Waals surface area contributed by atoms with Crippen molar-refractivity contribution in [3.05, 3.63) is 46.0 Å². The summed E-state index contributed by atoms with van der Waals surface area (Å²) in [4.78, 5) is 16.5. The highest BCUT2D eigenvalue weighted by atomic mass is 35.5. The molecule has 1 amide bonds. The number of aryl methyl sites for hydroxylation is 1. The van der Waals surface area contributed by atoms with Crippen LogP contribution < -0.4 is 5.32 Å². The number of aromatic nitrogens is 2. The van der Waals surface area contributed by atoms with Crippen molar-refractivity contribution >= 4 is 34.8 Å². The van der Waals surface area contributed by atoms with Crippen LogP contribution in [0.15, 0.2) is 24.4 Å². The lowest BCUT2D eigenvalue weighted by atomic mass is 10.3. The largest absolute Gasteiger partial charge is 0.324 e. The molecule has 0 spiro atoms. The number of carbonyl (C=O) groups excluding carboxylic acids is 1. The van der Waals surface area contributed by atoms with Gasteiger partial charge in [0.15, 0.2) is 0 Å². The molecule has 0 aliphatic carbocycles. The molecular weight excluding hydrogens is 297 g/mol. The van der Waals surface area contributed by atoms with Crippen LogP contribution in [0.1, 0.15) is 29.7 Å². The second-order valence-corrected chi connectivity index (χ2v) is 5.26. The van der Waals surface area contributed by atoms with Gasteiger partial charge in [0.1, 0.15) is 11.5 Å². The SMILES string of the molecule is CCCn1c(C(=O)Nc2cc(Cl)ccc2Cl)cnc1C. The highest BCUT2D eigenvalue weighted by Crippen LogP contribution is 2.26. The molecule has 1 N–H and O–H groups in total. The first-order valence-electron chi connectivity index (χ1n) is 6.31. The fraction of sp³-hybridized carbons (Fsp3) is 0.286. The Morgan fingerprint density at radius 2 is 2.15 bits per heavy atom. The van der Waals surface area contributed by atoms with Crippen LogP contribution in [0, 0.1) is 6.92 Å². The number of nitrogens with one attached hydrogen (secondary N) is 1. The molecule has 0 unspecified atom stereocenters. The number of nitrogens with zero attached hydrogens (tertiary/aromatic N) is 2. The normalized spacial score (nSPS) is 10.6. The number of hydrogen-bond donors (Lipinski definition) is 1. The van der Waals surface area contributed by atoms with E-state index in [0.717, 1.165) is 18.8 Å². The molecule has 0 radical (unpaired) electrons. The lowest BCUT2D eigenvalue weighted by Crippen LogP contribution is -2.18. The zero-order valence-corrected chi connectivity index (χ0v) is 12.8. The lowest BCUT2D eigenvalue weighted by Gasteiger charge is -2.10. The van der Waals surface area contributed by atoms with Crippen molar-refractivity contribution in [1.29, 1.82) is 0 Å². The van der Waals surface area contributed by atoms with Crippen LogP contribution in [-0.2, 0) is 6.54 Å². The Morgan fingerprint density at radius 3 is 2.85 bits per heavy atom. The summed E-state index contributed by atoms with van der Waals surface area (Å²) in [7, 11) is 0. The summed E-state index contributed by atoms with van der Waals surface area (Å²) in [5.41, 5.74) is 1.01. The molecule has 6 heteroatoms. The summed E-state index contributed by atoms with van der Waals surface area (Å²) in [5, 5.41) is 3.73. The van der Waals surface area contributed by atoms with Gasteiger partial charge >= 0.3 is 0 Å². The van der Waals surface area contributed by atoms with E-state index < -0.39 is 0 Å². The molecule has 0 aliphatic heterocycles. The first-order chi connectivity index (χ1) is 9.52. The van der Waals surface area contributed by atoms with Gasteiger partial charge in [-0.25, -0.2) is 4.98 Å². The highest BCUT2D eigenvalue weighted by molar-refractivity contribution is 6.35. The monoisotopic (exact) mass is 311 g/mol. The van der Waals surface area contributed by atoms with Crippen molar-refractivity contribution in [2.24, 2.45) is 0 Å². The Balaban J connectivity index is 2.26. The van der Waals surface area contributed by atoms with E-state index in [4.69, 9.17) is 23.2 Å². The summed E-state index contributed by atoms with van der Waals surface area (Å²) in [6, 6.07) is 4.94. The molecule has 0 saturated heterocycles. The lowest BCUT2D eigenvalue weighted by molar-refractivity contribution is 0.101. The number of rotatable bonds is 4. The molecule has 0 fully saturated rings. The predicted octanol–water partition coefficient (Wildman–Crippen LogP) is 4.16. The molecular formula is C14H15Cl2N3O. The molecule has 106 valence electrons. The number of benzene rings is 1. The topological polar surface area (TPSA) is 46.9 Å². The maximum Gasteiger partial charge on any atom is 0.273 e. The van der Waals surface area contributed by atoms with Gasteiger partial charge in [-0.1, -0.05) is 30.1 Å². The first-order valence-corrected chi connectivity index (χ1v) is 7.07. The van der Waals surface area contributed by atoms with Crippen molar-refractivity contribution in [3.63, 3.8) is 0 Å². The Labute approximate surface area is 127 Å². The average molecular weight is 312 g/mol. The molecule has 1 heterocycles. The number of anilines is 1. The Morgan fingerprint density at radius 1 is 1.40 bits per heavy atom. The smallest absolute Gasteiger partial charge is 0.273 e. The Kier molecular flexibility index (Phi) is 4.68. The minimum atomic E-state index is -0.247. The van der Waals surface area contributed by atoms with Gasteiger partial charge in [-0.05, 0) is 31.5 Å². The van der Waals surface area contributed by atoms with Crippen molar-refractivity contribution in [3.8, 4) is 0 Å². The maximum absolute atomic E-state index is 12.3. The maximum atomic E-state index is 12.3. The van der Waals surface area contributed by atoms with Crippen LogP contribution in [0.4, 0.5) is 5.69 Å². The van der Waals surface area contributed by atoms with E-state index in [1.807, 2.05) is 11.5 Å². The molecule has 0 atom stereocenters. The number of halogens is 2. The van der Waals surface area contributed by atoms with E-state index in [0.29, 0.717) is 21.4 Å². The summed E-state index contributed by atoms with van der Waals surface area (Å²) < 4.78 is 1.88. The average Bonchev–Trinajstić information content (AvgIpc) is 2.76. The Bertz CT molecular complexity index is 637. The van der Waals surface area contributed by atoms with Crippen LogP contribution in [0.5, 0.6) is 0 Å². The summed E-state index contributed by atoms with van der Waals surface area (Å²) in [6.45, 7) is 4.67. The molecule has 1 aromatic heterocycles. The zero-order chi connectivity index (χ0) is 14.7. The summed E-state index contributed by atoms with van der Waals surface area (Å²) in [6.07, 6.45) is 2.49. The summed E-state index contributed by atoms with van der Waals surface area (Å²) >= 11 is 11.9. The molecule has 2 rings (SSSR count). The third-order valence-corrected chi connectivity index (χ3v) is 3.48. The number of amides is 1. The van der Waals surface area contributed by atoms with Crippen molar-refractivity contribution < 1.29 is 4.79 Å². The Hall–Kier alpha value is -1.52. The molecule has 0 bridgehead atoms. The van der Waals surface area contributed by atoms with Crippen LogP contribution in [0.25, 0.3) is 0 Å². The fourth-order valence-corrected chi connectivity index (χ4v) is 2.27. The van der Waals surface area contributed by atoms with Crippen LogP contribution in [-0.4, -0.2) is 15.5 Å². The third-order valence-electron chi connectivity index (χ3n) is 2.91. The van der Waals surface area contributed by atoms with Gasteiger partial charge in [0, 0.05) is 11.6 Å². The van der Waals surface area contributed by atoms with Gasteiger partial charge in [0.2, 0.25) is 0 Å². The van der Waals surface area contributed by atoms with E-state index in [9.17, 15) is 4.79 Å². The minimum Gasteiger partial charge on any atom is -0.324 e. The fourth-order valence-electron chi connectivity index (χ4n) is 1.93. The van der Waals surface area contributed by atoms with E-state index in [-0.39, 0.29) is 5.91 Å².